The minimum Gasteiger partial charge on any atom is -0.454 e. The zero-order chi connectivity index (χ0) is 24.2. The van der Waals surface area contributed by atoms with E-state index in [-0.39, 0.29) is 18.5 Å². The van der Waals surface area contributed by atoms with Gasteiger partial charge in [0.05, 0.1) is 12.3 Å². The summed E-state index contributed by atoms with van der Waals surface area (Å²) in [6.45, 7) is 0.703. The Balaban J connectivity index is 1.34. The maximum atomic E-state index is 12.6. The zero-order valence-electron chi connectivity index (χ0n) is 18.5. The molecule has 0 spiro atoms. The van der Waals surface area contributed by atoms with E-state index in [4.69, 9.17) is 15.2 Å². The summed E-state index contributed by atoms with van der Waals surface area (Å²) >= 11 is 1.29. The number of ether oxygens (including phenoxy) is 2. The molecule has 0 saturated heterocycles. The number of primary amides is 1. The van der Waals surface area contributed by atoms with Gasteiger partial charge < -0.3 is 20.5 Å². The summed E-state index contributed by atoms with van der Waals surface area (Å²) in [7, 11) is 0. The van der Waals surface area contributed by atoms with Crippen molar-refractivity contribution in [1.29, 1.82) is 0 Å². The van der Waals surface area contributed by atoms with Gasteiger partial charge in [-0.15, -0.1) is 10.2 Å². The summed E-state index contributed by atoms with van der Waals surface area (Å²) in [5.41, 5.74) is 8.13. The molecule has 0 atom stereocenters. The van der Waals surface area contributed by atoms with Crippen LogP contribution in [0.5, 0.6) is 11.5 Å². The van der Waals surface area contributed by atoms with Crippen molar-refractivity contribution in [3.05, 3.63) is 83.9 Å². The summed E-state index contributed by atoms with van der Waals surface area (Å²) in [5.74, 6) is 1.53. The SMILES string of the molecule is NC(=O)c1ccc(NC(=O)CSc2nnc(-c3ccccc3)n2Cc2ccc3c(c2)OCO3)cc1. The predicted molar refractivity (Wildman–Crippen MR) is 131 cm³/mol. The average molecular weight is 488 g/mol. The predicted octanol–water partition coefficient (Wildman–Crippen LogP) is 3.55. The standard InChI is InChI=1S/C25H21N5O4S/c26-23(32)17-7-9-19(10-8-17)27-22(31)14-35-25-29-28-24(18-4-2-1-3-5-18)30(25)13-16-6-11-20-21(12-16)34-15-33-20/h1-12H,13-15H2,(H2,26,32)(H,27,31). The molecule has 4 aromatic rings. The second-order valence-corrected chi connectivity index (χ2v) is 8.67. The Labute approximate surface area is 205 Å². The minimum absolute atomic E-state index is 0.131. The Kier molecular flexibility index (Phi) is 6.36. The minimum atomic E-state index is -0.519. The van der Waals surface area contributed by atoms with Gasteiger partial charge in [0.15, 0.2) is 22.5 Å². The van der Waals surface area contributed by atoms with Crippen LogP contribution >= 0.6 is 11.8 Å². The number of hydrogen-bond acceptors (Lipinski definition) is 7. The van der Waals surface area contributed by atoms with Crippen molar-refractivity contribution in [2.24, 2.45) is 5.73 Å². The van der Waals surface area contributed by atoms with Crippen molar-refractivity contribution in [3.8, 4) is 22.9 Å². The van der Waals surface area contributed by atoms with Crippen molar-refractivity contribution in [3.63, 3.8) is 0 Å². The molecule has 0 saturated carbocycles. The first kappa shape index (κ1) is 22.5. The number of carbonyl (C=O) groups is 2. The Morgan fingerprint density at radius 1 is 0.971 bits per heavy atom. The van der Waals surface area contributed by atoms with E-state index in [1.807, 2.05) is 53.1 Å². The van der Waals surface area contributed by atoms with Gasteiger partial charge in [-0.05, 0) is 42.0 Å². The molecular formula is C25H21N5O4S. The monoisotopic (exact) mass is 487 g/mol. The van der Waals surface area contributed by atoms with Gasteiger partial charge in [0.2, 0.25) is 18.6 Å². The molecule has 0 aliphatic carbocycles. The highest BCUT2D eigenvalue weighted by atomic mass is 32.2. The number of nitrogens with zero attached hydrogens (tertiary/aromatic N) is 3. The number of rotatable bonds is 8. The van der Waals surface area contributed by atoms with Gasteiger partial charge in [0.1, 0.15) is 0 Å². The Morgan fingerprint density at radius 2 is 1.74 bits per heavy atom. The third-order valence-electron chi connectivity index (χ3n) is 5.31. The van der Waals surface area contributed by atoms with Gasteiger partial charge in [0, 0.05) is 16.8 Å². The van der Waals surface area contributed by atoms with Crippen LogP contribution in [-0.4, -0.2) is 39.1 Å². The lowest BCUT2D eigenvalue weighted by Crippen LogP contribution is -2.15. The summed E-state index contributed by atoms with van der Waals surface area (Å²) in [6, 6.07) is 22.0. The van der Waals surface area contributed by atoms with Crippen molar-refractivity contribution >= 4 is 29.3 Å². The number of thioether (sulfide) groups is 1. The first-order valence-corrected chi connectivity index (χ1v) is 11.7. The van der Waals surface area contributed by atoms with E-state index >= 15 is 0 Å². The number of amides is 2. The molecule has 3 N–H and O–H groups in total. The smallest absolute Gasteiger partial charge is 0.248 e. The molecule has 0 unspecified atom stereocenters. The van der Waals surface area contributed by atoms with E-state index in [1.54, 1.807) is 24.3 Å². The molecule has 9 nitrogen and oxygen atoms in total. The fraction of sp³-hybridized carbons (Fsp3) is 0.120. The first-order chi connectivity index (χ1) is 17.1. The average Bonchev–Trinajstić information content (AvgIpc) is 3.50. The molecule has 1 aliphatic heterocycles. The maximum Gasteiger partial charge on any atom is 0.248 e. The molecule has 2 heterocycles. The van der Waals surface area contributed by atoms with Crippen molar-refractivity contribution in [1.82, 2.24) is 14.8 Å². The van der Waals surface area contributed by atoms with Crippen LogP contribution in [0.15, 0.2) is 78.0 Å². The van der Waals surface area contributed by atoms with Crippen molar-refractivity contribution in [2.45, 2.75) is 11.7 Å². The second-order valence-electron chi connectivity index (χ2n) is 7.72. The Morgan fingerprint density at radius 3 is 2.51 bits per heavy atom. The molecule has 5 rings (SSSR count). The van der Waals surface area contributed by atoms with Gasteiger partial charge in [0.25, 0.3) is 0 Å². The zero-order valence-corrected chi connectivity index (χ0v) is 19.3. The topological polar surface area (TPSA) is 121 Å². The van der Waals surface area contributed by atoms with Gasteiger partial charge in [-0.2, -0.15) is 0 Å². The normalized spacial score (nSPS) is 11.9. The lowest BCUT2D eigenvalue weighted by atomic mass is 10.2. The van der Waals surface area contributed by atoms with Gasteiger partial charge >= 0.3 is 0 Å². The number of nitrogens with one attached hydrogen (secondary N) is 1. The molecule has 0 fully saturated rings. The van der Waals surface area contributed by atoms with E-state index in [9.17, 15) is 9.59 Å². The summed E-state index contributed by atoms with van der Waals surface area (Å²) in [6.07, 6.45) is 0. The molecule has 2 amide bonds. The van der Waals surface area contributed by atoms with E-state index < -0.39 is 5.91 Å². The lowest BCUT2D eigenvalue weighted by molar-refractivity contribution is -0.113. The molecule has 1 aliphatic rings. The molecule has 10 heteroatoms. The number of benzene rings is 3. The van der Waals surface area contributed by atoms with Crippen LogP contribution in [0.25, 0.3) is 11.4 Å². The number of nitrogens with two attached hydrogens (primary N) is 1. The number of carbonyl (C=O) groups excluding carboxylic acids is 2. The lowest BCUT2D eigenvalue weighted by Gasteiger charge is -2.11. The molecule has 35 heavy (non-hydrogen) atoms. The van der Waals surface area contributed by atoms with Crippen LogP contribution in [0.2, 0.25) is 0 Å². The third kappa shape index (κ3) is 5.12. The highest BCUT2D eigenvalue weighted by Crippen LogP contribution is 2.33. The summed E-state index contributed by atoms with van der Waals surface area (Å²) < 4.78 is 12.9. The van der Waals surface area contributed by atoms with Crippen LogP contribution in [-0.2, 0) is 11.3 Å². The first-order valence-electron chi connectivity index (χ1n) is 10.8. The van der Waals surface area contributed by atoms with E-state index in [0.29, 0.717) is 34.5 Å². The summed E-state index contributed by atoms with van der Waals surface area (Å²) in [5, 5.41) is 12.2. The molecule has 176 valence electrons. The fourth-order valence-electron chi connectivity index (χ4n) is 3.61. The summed E-state index contributed by atoms with van der Waals surface area (Å²) in [4.78, 5) is 23.8. The van der Waals surface area contributed by atoms with E-state index in [1.165, 1.54) is 11.8 Å². The Bertz CT molecular complexity index is 1370. The number of aromatic nitrogens is 3. The quantitative estimate of drug-likeness (QED) is 0.365. The second kappa shape index (κ2) is 9.90. The van der Waals surface area contributed by atoms with Gasteiger partial charge in [-0.25, -0.2) is 0 Å². The molecule has 3 aromatic carbocycles. The molecule has 0 bridgehead atoms. The van der Waals surface area contributed by atoms with Crippen LogP contribution in [0, 0.1) is 0 Å². The molecule has 0 radical (unpaired) electrons. The number of fused-ring (bicyclic) bond motifs is 1. The van der Waals surface area contributed by atoms with Gasteiger partial charge in [-0.3, -0.25) is 14.2 Å². The van der Waals surface area contributed by atoms with Gasteiger partial charge in [-0.1, -0.05) is 48.2 Å². The maximum absolute atomic E-state index is 12.6. The third-order valence-corrected chi connectivity index (χ3v) is 6.28. The van der Waals surface area contributed by atoms with Crippen LogP contribution in [0.3, 0.4) is 0 Å². The largest absolute Gasteiger partial charge is 0.454 e. The highest BCUT2D eigenvalue weighted by Gasteiger charge is 2.18. The van der Waals surface area contributed by atoms with Crippen molar-refractivity contribution in [2.75, 3.05) is 17.9 Å². The Hall–Kier alpha value is -4.31. The number of hydrogen-bond donors (Lipinski definition) is 2. The van der Waals surface area contributed by atoms with E-state index in [2.05, 4.69) is 15.5 Å². The van der Waals surface area contributed by atoms with Crippen LogP contribution in [0.4, 0.5) is 5.69 Å². The van der Waals surface area contributed by atoms with Crippen LogP contribution < -0.4 is 20.5 Å². The highest BCUT2D eigenvalue weighted by molar-refractivity contribution is 7.99. The van der Waals surface area contributed by atoms with Crippen LogP contribution in [0.1, 0.15) is 15.9 Å². The molecular weight excluding hydrogens is 466 g/mol. The molecule has 1 aromatic heterocycles. The van der Waals surface area contributed by atoms with E-state index in [0.717, 1.165) is 16.9 Å². The number of anilines is 1. The fourth-order valence-corrected chi connectivity index (χ4v) is 4.34. The van der Waals surface area contributed by atoms with Crippen molar-refractivity contribution < 1.29 is 19.1 Å².